The highest BCUT2D eigenvalue weighted by Gasteiger charge is 2.40. The van der Waals surface area contributed by atoms with Crippen molar-refractivity contribution >= 4 is 34.6 Å². The standard InChI is InChI=1S/C29H26O5S2/c1-18-5-9-20(10-6-18)28(30)32-17-24-22(34-29(31)21-11-7-19(2)8-12-21)16-23(33-24)25-13-14-27(36-25)26-4-3-15-35-26/h3-15,22-24H,16-17H2,1-2H3/t22-,23+,24+/m0/s1. The Hall–Kier alpha value is -3.26. The Morgan fingerprint density at radius 1 is 0.861 bits per heavy atom. The molecular weight excluding hydrogens is 492 g/mol. The van der Waals surface area contributed by atoms with E-state index in [0.717, 1.165) is 16.0 Å². The van der Waals surface area contributed by atoms with Crippen molar-refractivity contribution in [1.29, 1.82) is 0 Å². The lowest BCUT2D eigenvalue weighted by Gasteiger charge is -2.19. The molecule has 3 atom stereocenters. The van der Waals surface area contributed by atoms with Crippen LogP contribution in [-0.4, -0.2) is 30.8 Å². The van der Waals surface area contributed by atoms with Gasteiger partial charge in [0.25, 0.3) is 0 Å². The fraction of sp³-hybridized carbons (Fsp3) is 0.241. The van der Waals surface area contributed by atoms with Crippen molar-refractivity contribution in [1.82, 2.24) is 0 Å². The Balaban J connectivity index is 1.31. The van der Waals surface area contributed by atoms with E-state index in [0.29, 0.717) is 17.5 Å². The normalized spacial score (nSPS) is 19.2. The molecule has 2 aromatic carbocycles. The third kappa shape index (κ3) is 5.59. The van der Waals surface area contributed by atoms with Gasteiger partial charge in [0, 0.05) is 21.1 Å². The molecule has 2 aromatic heterocycles. The summed E-state index contributed by atoms with van der Waals surface area (Å²) in [6.45, 7) is 3.93. The average molecular weight is 519 g/mol. The predicted molar refractivity (Wildman–Crippen MR) is 142 cm³/mol. The number of rotatable bonds is 7. The van der Waals surface area contributed by atoms with E-state index in [2.05, 4.69) is 23.6 Å². The summed E-state index contributed by atoms with van der Waals surface area (Å²) < 4.78 is 17.8. The molecule has 0 N–H and O–H groups in total. The minimum Gasteiger partial charge on any atom is -0.459 e. The maximum atomic E-state index is 12.9. The molecule has 5 rings (SSSR count). The zero-order valence-electron chi connectivity index (χ0n) is 20.0. The van der Waals surface area contributed by atoms with Crippen LogP contribution in [0.25, 0.3) is 9.75 Å². The van der Waals surface area contributed by atoms with Crippen LogP contribution in [0.5, 0.6) is 0 Å². The molecule has 0 bridgehead atoms. The zero-order chi connectivity index (χ0) is 25.1. The number of thiophene rings is 2. The van der Waals surface area contributed by atoms with Gasteiger partial charge in [0.1, 0.15) is 18.8 Å². The minimum atomic E-state index is -0.564. The maximum absolute atomic E-state index is 12.9. The van der Waals surface area contributed by atoms with Crippen molar-refractivity contribution in [3.05, 3.63) is 105 Å². The average Bonchev–Trinajstić information content (AvgIpc) is 3.64. The first-order chi connectivity index (χ1) is 17.5. The SMILES string of the molecule is Cc1ccc(C(=O)OC[C@H]2O[C@@H](c3ccc(-c4cccs4)s3)C[C@@H]2OC(=O)c2ccc(C)cc2)cc1. The van der Waals surface area contributed by atoms with Crippen molar-refractivity contribution in [2.24, 2.45) is 0 Å². The van der Waals surface area contributed by atoms with Crippen LogP contribution in [-0.2, 0) is 14.2 Å². The minimum absolute atomic E-state index is 0.00177. The number of ether oxygens (including phenoxy) is 3. The monoisotopic (exact) mass is 518 g/mol. The van der Waals surface area contributed by atoms with E-state index in [9.17, 15) is 9.59 Å². The van der Waals surface area contributed by atoms with Crippen LogP contribution in [0.2, 0.25) is 0 Å². The quantitative estimate of drug-likeness (QED) is 0.246. The highest BCUT2D eigenvalue weighted by atomic mass is 32.1. The van der Waals surface area contributed by atoms with Gasteiger partial charge >= 0.3 is 11.9 Å². The highest BCUT2D eigenvalue weighted by Crippen LogP contribution is 2.41. The molecule has 1 aliphatic heterocycles. The van der Waals surface area contributed by atoms with Gasteiger partial charge in [0.15, 0.2) is 0 Å². The highest BCUT2D eigenvalue weighted by molar-refractivity contribution is 7.21. The number of carbonyl (C=O) groups excluding carboxylic acids is 2. The third-order valence-corrected chi connectivity index (χ3v) is 8.36. The van der Waals surface area contributed by atoms with Crippen molar-refractivity contribution in [2.75, 3.05) is 6.61 Å². The van der Waals surface area contributed by atoms with Crippen LogP contribution in [0.4, 0.5) is 0 Å². The number of hydrogen-bond acceptors (Lipinski definition) is 7. The van der Waals surface area contributed by atoms with Crippen LogP contribution < -0.4 is 0 Å². The van der Waals surface area contributed by atoms with Gasteiger partial charge in [-0.1, -0.05) is 41.5 Å². The first-order valence-corrected chi connectivity index (χ1v) is 13.5. The second-order valence-electron chi connectivity index (χ2n) is 8.85. The Kier molecular flexibility index (Phi) is 7.32. The Morgan fingerprint density at radius 3 is 2.17 bits per heavy atom. The summed E-state index contributed by atoms with van der Waals surface area (Å²) in [4.78, 5) is 28.9. The lowest BCUT2D eigenvalue weighted by molar-refractivity contribution is -0.0422. The van der Waals surface area contributed by atoms with E-state index < -0.39 is 24.1 Å². The van der Waals surface area contributed by atoms with Gasteiger partial charge in [-0.05, 0) is 61.7 Å². The Morgan fingerprint density at radius 2 is 1.53 bits per heavy atom. The first-order valence-electron chi connectivity index (χ1n) is 11.8. The van der Waals surface area contributed by atoms with Crippen LogP contribution in [0.1, 0.15) is 49.2 Å². The van der Waals surface area contributed by atoms with E-state index in [1.165, 1.54) is 9.75 Å². The first kappa shape index (κ1) is 24.4. The summed E-state index contributed by atoms with van der Waals surface area (Å²) >= 11 is 3.36. The molecule has 36 heavy (non-hydrogen) atoms. The van der Waals surface area contributed by atoms with Gasteiger partial charge in [0.2, 0.25) is 0 Å². The van der Waals surface area contributed by atoms with Crippen LogP contribution in [0.15, 0.2) is 78.2 Å². The number of carbonyl (C=O) groups is 2. The molecule has 0 saturated carbocycles. The molecule has 1 fully saturated rings. The molecule has 7 heteroatoms. The van der Waals surface area contributed by atoms with Gasteiger partial charge in [-0.25, -0.2) is 9.59 Å². The van der Waals surface area contributed by atoms with Crippen molar-refractivity contribution in [3.63, 3.8) is 0 Å². The van der Waals surface area contributed by atoms with Gasteiger partial charge in [-0.2, -0.15) is 0 Å². The summed E-state index contributed by atoms with van der Waals surface area (Å²) in [5.74, 6) is -0.841. The molecule has 4 aromatic rings. The molecule has 3 heterocycles. The largest absolute Gasteiger partial charge is 0.459 e. The second-order valence-corrected chi connectivity index (χ2v) is 10.9. The number of esters is 2. The number of hydrogen-bond donors (Lipinski definition) is 0. The van der Waals surface area contributed by atoms with Crippen molar-refractivity contribution in [2.45, 2.75) is 38.6 Å². The fourth-order valence-corrected chi connectivity index (χ4v) is 5.97. The molecule has 0 unspecified atom stereocenters. The van der Waals surface area contributed by atoms with Gasteiger partial charge in [-0.15, -0.1) is 22.7 Å². The molecule has 0 amide bonds. The van der Waals surface area contributed by atoms with E-state index in [4.69, 9.17) is 14.2 Å². The predicted octanol–water partition coefficient (Wildman–Crippen LogP) is 7.01. The summed E-state index contributed by atoms with van der Waals surface area (Å²) in [7, 11) is 0. The van der Waals surface area contributed by atoms with Gasteiger partial charge in [0.05, 0.1) is 17.2 Å². The number of aryl methyl sites for hydroxylation is 2. The second kappa shape index (κ2) is 10.8. The van der Waals surface area contributed by atoms with Crippen molar-refractivity contribution in [3.8, 4) is 9.75 Å². The fourth-order valence-electron chi connectivity index (χ4n) is 4.07. The van der Waals surface area contributed by atoms with Crippen LogP contribution in [0.3, 0.4) is 0 Å². The lowest BCUT2D eigenvalue weighted by Crippen LogP contribution is -2.32. The summed E-state index contributed by atoms with van der Waals surface area (Å²) in [6, 6.07) is 22.8. The smallest absolute Gasteiger partial charge is 0.338 e. The molecule has 1 saturated heterocycles. The van der Waals surface area contributed by atoms with E-state index in [1.807, 2.05) is 44.2 Å². The summed E-state index contributed by atoms with van der Waals surface area (Å²) in [5, 5.41) is 2.06. The number of benzene rings is 2. The molecule has 1 aliphatic rings. The zero-order valence-corrected chi connectivity index (χ0v) is 21.6. The molecule has 0 aliphatic carbocycles. The summed E-state index contributed by atoms with van der Waals surface area (Å²) in [6.07, 6.45) is -0.857. The van der Waals surface area contributed by atoms with Crippen LogP contribution in [0, 0.1) is 13.8 Å². The third-order valence-electron chi connectivity index (χ3n) is 6.12. The van der Waals surface area contributed by atoms with Gasteiger partial charge < -0.3 is 14.2 Å². The van der Waals surface area contributed by atoms with Crippen molar-refractivity contribution < 1.29 is 23.8 Å². The topological polar surface area (TPSA) is 61.8 Å². The molecular formula is C29H26O5S2. The Labute approximate surface area is 218 Å². The molecule has 5 nitrogen and oxygen atoms in total. The maximum Gasteiger partial charge on any atom is 0.338 e. The Bertz CT molecular complexity index is 1320. The van der Waals surface area contributed by atoms with Gasteiger partial charge in [-0.3, -0.25) is 0 Å². The molecule has 0 spiro atoms. The molecule has 0 radical (unpaired) electrons. The van der Waals surface area contributed by atoms with Crippen LogP contribution >= 0.6 is 22.7 Å². The lowest BCUT2D eigenvalue weighted by atomic mass is 10.1. The van der Waals surface area contributed by atoms with E-state index in [1.54, 1.807) is 46.9 Å². The van der Waals surface area contributed by atoms with E-state index in [-0.39, 0.29) is 12.7 Å². The summed E-state index contributed by atoms with van der Waals surface area (Å²) in [5.41, 5.74) is 3.09. The van der Waals surface area contributed by atoms with E-state index >= 15 is 0 Å². The molecule has 184 valence electrons.